The Balaban J connectivity index is 2.24. The molecule has 1 N–H and O–H groups in total. The van der Waals surface area contributed by atoms with Crippen molar-refractivity contribution in [2.24, 2.45) is 0 Å². The van der Waals surface area contributed by atoms with Crippen LogP contribution >= 0.6 is 11.6 Å². The van der Waals surface area contributed by atoms with Gasteiger partial charge in [-0.1, -0.05) is 61.3 Å². The van der Waals surface area contributed by atoms with Crippen molar-refractivity contribution in [2.75, 3.05) is 5.32 Å². The molecular formula is C16H17ClFN. The molecule has 0 heterocycles. The molecule has 0 aliphatic rings. The van der Waals surface area contributed by atoms with Crippen LogP contribution in [0.2, 0.25) is 5.02 Å². The van der Waals surface area contributed by atoms with Crippen LogP contribution < -0.4 is 5.32 Å². The SMILES string of the molecule is CCCC(Nc1cccc(Cl)c1F)c1ccccc1. The van der Waals surface area contributed by atoms with E-state index in [4.69, 9.17) is 11.6 Å². The summed E-state index contributed by atoms with van der Waals surface area (Å²) in [6, 6.07) is 15.2. The molecule has 19 heavy (non-hydrogen) atoms. The summed E-state index contributed by atoms with van der Waals surface area (Å²) >= 11 is 5.81. The second-order valence-electron chi connectivity index (χ2n) is 4.50. The average Bonchev–Trinajstić information content (AvgIpc) is 2.44. The third-order valence-corrected chi connectivity index (χ3v) is 3.35. The maximum Gasteiger partial charge on any atom is 0.164 e. The standard InChI is InChI=1S/C16H17ClFN/c1-2-7-14(12-8-4-3-5-9-12)19-15-11-6-10-13(17)16(15)18/h3-6,8-11,14,19H,2,7H2,1H3. The maximum atomic E-state index is 13.9. The van der Waals surface area contributed by atoms with Crippen LogP contribution in [0.25, 0.3) is 0 Å². The van der Waals surface area contributed by atoms with Crippen molar-refractivity contribution in [1.82, 2.24) is 0 Å². The number of nitrogens with one attached hydrogen (secondary N) is 1. The maximum absolute atomic E-state index is 13.9. The van der Waals surface area contributed by atoms with Gasteiger partial charge in [0.25, 0.3) is 0 Å². The van der Waals surface area contributed by atoms with Crippen LogP contribution in [-0.4, -0.2) is 0 Å². The van der Waals surface area contributed by atoms with Crippen molar-refractivity contribution in [3.63, 3.8) is 0 Å². The molecule has 0 amide bonds. The largest absolute Gasteiger partial charge is 0.376 e. The van der Waals surface area contributed by atoms with Gasteiger partial charge in [0.15, 0.2) is 5.82 Å². The summed E-state index contributed by atoms with van der Waals surface area (Å²) in [5.41, 5.74) is 1.61. The van der Waals surface area contributed by atoms with E-state index in [-0.39, 0.29) is 16.9 Å². The zero-order valence-electron chi connectivity index (χ0n) is 10.9. The molecule has 0 saturated carbocycles. The Morgan fingerprint density at radius 2 is 1.84 bits per heavy atom. The highest BCUT2D eigenvalue weighted by Gasteiger charge is 2.13. The van der Waals surface area contributed by atoms with Crippen LogP contribution in [0.1, 0.15) is 31.4 Å². The van der Waals surface area contributed by atoms with Gasteiger partial charge in [0.2, 0.25) is 0 Å². The lowest BCUT2D eigenvalue weighted by Crippen LogP contribution is -2.11. The van der Waals surface area contributed by atoms with Gasteiger partial charge < -0.3 is 5.32 Å². The minimum Gasteiger partial charge on any atom is -0.376 e. The quantitative estimate of drug-likeness (QED) is 0.768. The van der Waals surface area contributed by atoms with Gasteiger partial charge in [-0.3, -0.25) is 0 Å². The number of halogens is 2. The molecule has 0 fully saturated rings. The van der Waals surface area contributed by atoms with E-state index in [0.29, 0.717) is 5.69 Å². The first kappa shape index (κ1) is 13.9. The molecule has 0 aliphatic carbocycles. The van der Waals surface area contributed by atoms with E-state index in [1.165, 1.54) is 0 Å². The highest BCUT2D eigenvalue weighted by Crippen LogP contribution is 2.28. The van der Waals surface area contributed by atoms with Gasteiger partial charge in [0.05, 0.1) is 16.8 Å². The summed E-state index contributed by atoms with van der Waals surface area (Å²) in [5.74, 6) is -0.388. The van der Waals surface area contributed by atoms with Crippen LogP contribution in [0, 0.1) is 5.82 Å². The highest BCUT2D eigenvalue weighted by atomic mass is 35.5. The van der Waals surface area contributed by atoms with Gasteiger partial charge >= 0.3 is 0 Å². The van der Waals surface area contributed by atoms with Crippen LogP contribution in [-0.2, 0) is 0 Å². The van der Waals surface area contributed by atoms with Crippen molar-refractivity contribution >= 4 is 17.3 Å². The molecule has 0 bridgehead atoms. The Morgan fingerprint density at radius 1 is 1.11 bits per heavy atom. The zero-order valence-corrected chi connectivity index (χ0v) is 11.6. The molecule has 1 atom stereocenters. The minimum atomic E-state index is -0.388. The van der Waals surface area contributed by atoms with E-state index in [0.717, 1.165) is 18.4 Å². The monoisotopic (exact) mass is 277 g/mol. The highest BCUT2D eigenvalue weighted by molar-refractivity contribution is 6.31. The molecular weight excluding hydrogens is 261 g/mol. The van der Waals surface area contributed by atoms with Gasteiger partial charge in [-0.25, -0.2) is 4.39 Å². The first-order valence-electron chi connectivity index (χ1n) is 6.48. The summed E-state index contributed by atoms with van der Waals surface area (Å²) in [6.07, 6.45) is 1.96. The molecule has 0 aromatic heterocycles. The van der Waals surface area contributed by atoms with E-state index in [2.05, 4.69) is 24.4 Å². The van der Waals surface area contributed by atoms with Crippen LogP contribution in [0.15, 0.2) is 48.5 Å². The Bertz CT molecular complexity index is 528. The van der Waals surface area contributed by atoms with E-state index in [9.17, 15) is 4.39 Å². The topological polar surface area (TPSA) is 12.0 Å². The van der Waals surface area contributed by atoms with Gasteiger partial charge in [-0.05, 0) is 24.1 Å². The van der Waals surface area contributed by atoms with Gasteiger partial charge in [-0.2, -0.15) is 0 Å². The first-order valence-corrected chi connectivity index (χ1v) is 6.85. The molecule has 0 saturated heterocycles. The number of rotatable bonds is 5. The fraction of sp³-hybridized carbons (Fsp3) is 0.250. The van der Waals surface area contributed by atoms with Crippen molar-refractivity contribution in [2.45, 2.75) is 25.8 Å². The van der Waals surface area contributed by atoms with E-state index in [1.54, 1.807) is 18.2 Å². The predicted octanol–water partition coefficient (Wildman–Crippen LogP) is 5.43. The zero-order chi connectivity index (χ0) is 13.7. The molecule has 1 unspecified atom stereocenters. The lowest BCUT2D eigenvalue weighted by Gasteiger charge is -2.20. The van der Waals surface area contributed by atoms with Crippen molar-refractivity contribution in [1.29, 1.82) is 0 Å². The number of anilines is 1. The first-order chi connectivity index (χ1) is 9.22. The molecule has 3 heteroatoms. The van der Waals surface area contributed by atoms with Crippen LogP contribution in [0.5, 0.6) is 0 Å². The molecule has 0 aliphatic heterocycles. The second-order valence-corrected chi connectivity index (χ2v) is 4.90. The summed E-state index contributed by atoms with van der Waals surface area (Å²) in [7, 11) is 0. The Kier molecular flexibility index (Phi) is 4.80. The summed E-state index contributed by atoms with van der Waals surface area (Å²) in [5, 5.41) is 3.39. The second kappa shape index (κ2) is 6.58. The minimum absolute atomic E-state index is 0.0965. The third-order valence-electron chi connectivity index (χ3n) is 3.06. The molecule has 2 aromatic carbocycles. The Hall–Kier alpha value is -1.54. The van der Waals surface area contributed by atoms with Crippen molar-refractivity contribution in [3.05, 3.63) is 64.9 Å². The summed E-state index contributed by atoms with van der Waals surface area (Å²) < 4.78 is 13.9. The smallest absolute Gasteiger partial charge is 0.164 e. The Labute approximate surface area is 118 Å². The molecule has 0 radical (unpaired) electrons. The van der Waals surface area contributed by atoms with Crippen LogP contribution in [0.4, 0.5) is 10.1 Å². The lowest BCUT2D eigenvalue weighted by molar-refractivity contribution is 0.618. The molecule has 100 valence electrons. The fourth-order valence-electron chi connectivity index (χ4n) is 2.10. The van der Waals surface area contributed by atoms with E-state index < -0.39 is 0 Å². The molecule has 2 rings (SSSR count). The van der Waals surface area contributed by atoms with Gasteiger partial charge in [0.1, 0.15) is 0 Å². The number of hydrogen-bond acceptors (Lipinski definition) is 1. The normalized spacial score (nSPS) is 12.2. The van der Waals surface area contributed by atoms with Crippen molar-refractivity contribution in [3.8, 4) is 0 Å². The van der Waals surface area contributed by atoms with E-state index >= 15 is 0 Å². The fourth-order valence-corrected chi connectivity index (χ4v) is 2.27. The van der Waals surface area contributed by atoms with Gasteiger partial charge in [-0.15, -0.1) is 0 Å². The molecule has 1 nitrogen and oxygen atoms in total. The average molecular weight is 278 g/mol. The predicted molar refractivity (Wildman–Crippen MR) is 79.1 cm³/mol. The summed E-state index contributed by atoms with van der Waals surface area (Å²) in [6.45, 7) is 2.12. The number of hydrogen-bond donors (Lipinski definition) is 1. The summed E-state index contributed by atoms with van der Waals surface area (Å²) in [4.78, 5) is 0. The third kappa shape index (κ3) is 3.48. The molecule has 2 aromatic rings. The number of benzene rings is 2. The molecule has 0 spiro atoms. The van der Waals surface area contributed by atoms with Crippen molar-refractivity contribution < 1.29 is 4.39 Å². The van der Waals surface area contributed by atoms with Gasteiger partial charge in [0, 0.05) is 0 Å². The van der Waals surface area contributed by atoms with E-state index in [1.807, 2.05) is 18.2 Å². The lowest BCUT2D eigenvalue weighted by atomic mass is 10.0. The Morgan fingerprint density at radius 3 is 2.53 bits per heavy atom. The van der Waals surface area contributed by atoms with Crippen LogP contribution in [0.3, 0.4) is 0 Å².